The first kappa shape index (κ1) is 22.8. The molecule has 3 atom stereocenters. The number of aliphatic hydroxyl groups excluding tert-OH is 1. The molecule has 0 fully saturated rings. The van der Waals surface area contributed by atoms with Crippen molar-refractivity contribution in [3.63, 3.8) is 0 Å². The van der Waals surface area contributed by atoms with Gasteiger partial charge in [-0.05, 0) is 25.7 Å². The second-order valence-corrected chi connectivity index (χ2v) is 7.06. The molecule has 0 aliphatic heterocycles. The maximum absolute atomic E-state index is 11.3. The molecule has 0 saturated heterocycles. The van der Waals surface area contributed by atoms with Gasteiger partial charge in [-0.25, -0.2) is 4.79 Å². The third-order valence-corrected chi connectivity index (χ3v) is 3.75. The number of carbonyl (C=O) groups excluding carboxylic acids is 1. The summed E-state index contributed by atoms with van der Waals surface area (Å²) in [7, 11) is 1.59. The first-order valence-corrected chi connectivity index (χ1v) is 8.43. The molecule has 24 heavy (non-hydrogen) atoms. The predicted molar refractivity (Wildman–Crippen MR) is 95.5 cm³/mol. The van der Waals surface area contributed by atoms with Gasteiger partial charge in [-0.15, -0.1) is 0 Å². The van der Waals surface area contributed by atoms with Gasteiger partial charge in [-0.1, -0.05) is 45.4 Å². The lowest BCUT2D eigenvalue weighted by Crippen LogP contribution is -2.41. The summed E-state index contributed by atoms with van der Waals surface area (Å²) in [5.41, 5.74) is 0.793. The van der Waals surface area contributed by atoms with E-state index < -0.39 is 6.10 Å². The van der Waals surface area contributed by atoms with Crippen LogP contribution in [0, 0.1) is 11.3 Å². The number of hydrogen-bond donors (Lipinski definition) is 1. The zero-order valence-electron chi connectivity index (χ0n) is 16.2. The molecule has 0 bridgehead atoms. The van der Waals surface area contributed by atoms with Crippen molar-refractivity contribution in [3.05, 3.63) is 23.8 Å². The Morgan fingerprint density at radius 1 is 1.25 bits per heavy atom. The summed E-state index contributed by atoms with van der Waals surface area (Å²) in [6.07, 6.45) is 4.81. The van der Waals surface area contributed by atoms with Crippen molar-refractivity contribution in [2.75, 3.05) is 20.5 Å². The van der Waals surface area contributed by atoms with Crippen molar-refractivity contribution in [2.45, 2.75) is 60.2 Å². The zero-order chi connectivity index (χ0) is 18.8. The number of hydrogen-bond acceptors (Lipinski definition) is 5. The Labute approximate surface area is 146 Å². The Kier molecular flexibility index (Phi) is 10.8. The molecular formula is C19H34O5. The first-order valence-electron chi connectivity index (χ1n) is 8.43. The lowest BCUT2D eigenvalue weighted by Gasteiger charge is -2.37. The van der Waals surface area contributed by atoms with E-state index in [-0.39, 0.29) is 30.2 Å². The molecular weight excluding hydrogens is 308 g/mol. The van der Waals surface area contributed by atoms with Gasteiger partial charge in [-0.2, -0.15) is 0 Å². The van der Waals surface area contributed by atoms with Gasteiger partial charge in [-0.3, -0.25) is 0 Å². The van der Waals surface area contributed by atoms with Crippen LogP contribution in [0.25, 0.3) is 0 Å². The number of aliphatic hydroxyl groups is 1. The molecule has 0 amide bonds. The maximum Gasteiger partial charge on any atom is 0.330 e. The minimum Gasteiger partial charge on any atom is -0.463 e. The molecule has 0 saturated carbocycles. The van der Waals surface area contributed by atoms with E-state index in [1.54, 1.807) is 20.1 Å². The maximum atomic E-state index is 11.3. The van der Waals surface area contributed by atoms with E-state index >= 15 is 0 Å². The van der Waals surface area contributed by atoms with Crippen LogP contribution < -0.4 is 0 Å². The Balaban J connectivity index is 4.73. The monoisotopic (exact) mass is 342 g/mol. The summed E-state index contributed by atoms with van der Waals surface area (Å²) in [4.78, 5) is 11.3. The topological polar surface area (TPSA) is 65.0 Å². The van der Waals surface area contributed by atoms with Crippen LogP contribution >= 0.6 is 0 Å². The van der Waals surface area contributed by atoms with E-state index in [1.807, 2.05) is 19.9 Å². The fourth-order valence-corrected chi connectivity index (χ4v) is 2.51. The first-order chi connectivity index (χ1) is 11.1. The second-order valence-electron chi connectivity index (χ2n) is 7.06. The molecule has 0 aromatic heterocycles. The quantitative estimate of drug-likeness (QED) is 0.285. The smallest absolute Gasteiger partial charge is 0.330 e. The molecule has 0 aliphatic rings. The fraction of sp³-hybridized carbons (Fsp3) is 0.737. The molecule has 5 heteroatoms. The largest absolute Gasteiger partial charge is 0.463 e. The van der Waals surface area contributed by atoms with Crippen LogP contribution in [-0.2, 0) is 19.0 Å². The predicted octanol–water partition coefficient (Wildman–Crippen LogP) is 3.47. The number of ether oxygens (including phenoxy) is 3. The number of esters is 1. The number of carbonyl (C=O) groups is 1. The SMILES string of the molecule is CCOC(=O)/C=C/C(C)=C/C[C@@H](O)[C@H](C)[C@H](OCOC)C(C)(C)C. The van der Waals surface area contributed by atoms with Crippen LogP contribution in [0.5, 0.6) is 0 Å². The summed E-state index contributed by atoms with van der Waals surface area (Å²) < 4.78 is 15.6. The van der Waals surface area contributed by atoms with Gasteiger partial charge in [0, 0.05) is 19.1 Å². The highest BCUT2D eigenvalue weighted by atomic mass is 16.7. The van der Waals surface area contributed by atoms with Crippen LogP contribution in [0.15, 0.2) is 23.8 Å². The summed E-state index contributed by atoms with van der Waals surface area (Å²) in [5, 5.41) is 10.5. The Bertz CT molecular complexity index is 420. The molecule has 1 N–H and O–H groups in total. The highest BCUT2D eigenvalue weighted by Gasteiger charge is 2.34. The zero-order valence-corrected chi connectivity index (χ0v) is 16.2. The van der Waals surface area contributed by atoms with E-state index in [9.17, 15) is 9.90 Å². The molecule has 0 aromatic rings. The molecule has 5 nitrogen and oxygen atoms in total. The molecule has 140 valence electrons. The minimum absolute atomic E-state index is 0.0572. The Morgan fingerprint density at radius 3 is 2.38 bits per heavy atom. The van der Waals surface area contributed by atoms with Crippen molar-refractivity contribution in [1.29, 1.82) is 0 Å². The van der Waals surface area contributed by atoms with E-state index in [4.69, 9.17) is 14.2 Å². The molecule has 0 aromatic carbocycles. The van der Waals surface area contributed by atoms with Crippen LogP contribution in [0.3, 0.4) is 0 Å². The normalized spacial score (nSPS) is 16.9. The van der Waals surface area contributed by atoms with Gasteiger partial charge >= 0.3 is 5.97 Å². The molecule has 0 radical (unpaired) electrons. The van der Waals surface area contributed by atoms with Crippen molar-refractivity contribution < 1.29 is 24.1 Å². The van der Waals surface area contributed by atoms with E-state index in [0.717, 1.165) is 5.57 Å². The van der Waals surface area contributed by atoms with Crippen molar-refractivity contribution in [2.24, 2.45) is 11.3 Å². The molecule has 0 aliphatic carbocycles. The third kappa shape index (κ3) is 9.21. The van der Waals surface area contributed by atoms with Gasteiger partial charge in [0.1, 0.15) is 6.79 Å². The van der Waals surface area contributed by atoms with Crippen molar-refractivity contribution in [3.8, 4) is 0 Å². The van der Waals surface area contributed by atoms with Crippen molar-refractivity contribution >= 4 is 5.97 Å². The van der Waals surface area contributed by atoms with E-state index in [0.29, 0.717) is 13.0 Å². The number of rotatable bonds is 10. The van der Waals surface area contributed by atoms with Crippen LogP contribution in [0.1, 0.15) is 48.0 Å². The summed E-state index contributed by atoms with van der Waals surface area (Å²) in [6.45, 7) is 12.4. The lowest BCUT2D eigenvalue weighted by atomic mass is 9.79. The Hall–Kier alpha value is -1.17. The number of allylic oxidation sites excluding steroid dienone is 2. The van der Waals surface area contributed by atoms with Crippen LogP contribution in [-0.4, -0.2) is 43.8 Å². The van der Waals surface area contributed by atoms with Gasteiger partial charge in [0.2, 0.25) is 0 Å². The van der Waals surface area contributed by atoms with Gasteiger partial charge in [0.05, 0.1) is 18.8 Å². The average Bonchev–Trinajstić information content (AvgIpc) is 2.49. The van der Waals surface area contributed by atoms with Crippen LogP contribution in [0.4, 0.5) is 0 Å². The summed E-state index contributed by atoms with van der Waals surface area (Å²) >= 11 is 0. The molecule has 0 unspecified atom stereocenters. The Morgan fingerprint density at radius 2 is 1.88 bits per heavy atom. The molecule has 0 spiro atoms. The van der Waals surface area contributed by atoms with Gasteiger partial charge in [0.25, 0.3) is 0 Å². The average molecular weight is 342 g/mol. The third-order valence-electron chi connectivity index (χ3n) is 3.75. The number of methoxy groups -OCH3 is 1. The molecule has 0 rings (SSSR count). The van der Waals surface area contributed by atoms with Crippen molar-refractivity contribution in [1.82, 2.24) is 0 Å². The second kappa shape index (κ2) is 11.4. The lowest BCUT2D eigenvalue weighted by molar-refractivity contribution is -0.142. The standard InChI is InChI=1S/C19H34O5/c1-8-23-17(21)12-10-14(2)9-11-16(20)15(3)18(19(4,5)6)24-13-22-7/h9-10,12,15-16,18,20H,8,11,13H2,1-7H3/b12-10+,14-9+/t15-,16+,18-/m0/s1. The van der Waals surface area contributed by atoms with Crippen LogP contribution in [0.2, 0.25) is 0 Å². The highest BCUT2D eigenvalue weighted by molar-refractivity contribution is 5.82. The minimum atomic E-state index is -0.544. The van der Waals surface area contributed by atoms with E-state index in [1.165, 1.54) is 6.08 Å². The highest BCUT2D eigenvalue weighted by Crippen LogP contribution is 2.31. The van der Waals surface area contributed by atoms with Gasteiger partial charge in [0.15, 0.2) is 0 Å². The fourth-order valence-electron chi connectivity index (χ4n) is 2.51. The van der Waals surface area contributed by atoms with Gasteiger partial charge < -0.3 is 19.3 Å². The summed E-state index contributed by atoms with van der Waals surface area (Å²) in [6, 6.07) is 0. The van der Waals surface area contributed by atoms with E-state index in [2.05, 4.69) is 20.8 Å². The summed E-state index contributed by atoms with van der Waals surface area (Å²) in [5.74, 6) is -0.418. The molecule has 0 heterocycles.